The predicted molar refractivity (Wildman–Crippen MR) is 103 cm³/mol. The SMILES string of the molecule is OC(c1ccccc1)C1CCN(Cc2ccn(-c3ccccc3)n2)CC1. The summed E-state index contributed by atoms with van der Waals surface area (Å²) in [6, 6.07) is 22.3. The Morgan fingerprint density at radius 3 is 2.27 bits per heavy atom. The summed E-state index contributed by atoms with van der Waals surface area (Å²) in [6.07, 6.45) is 3.72. The summed E-state index contributed by atoms with van der Waals surface area (Å²) in [4.78, 5) is 2.44. The molecule has 1 aliphatic rings. The molecular weight excluding hydrogens is 322 g/mol. The van der Waals surface area contributed by atoms with Crippen LogP contribution in [0, 0.1) is 5.92 Å². The first kappa shape index (κ1) is 17.0. The lowest BCUT2D eigenvalue weighted by Crippen LogP contribution is -2.35. The predicted octanol–water partition coefficient (Wildman–Crippen LogP) is 3.82. The molecule has 4 heteroatoms. The maximum absolute atomic E-state index is 10.6. The molecule has 4 rings (SSSR count). The van der Waals surface area contributed by atoms with Crippen LogP contribution in [0.1, 0.15) is 30.2 Å². The zero-order chi connectivity index (χ0) is 17.8. The number of aliphatic hydroxyl groups excluding tert-OH is 1. The molecule has 26 heavy (non-hydrogen) atoms. The molecule has 0 bridgehead atoms. The smallest absolute Gasteiger partial charge is 0.0819 e. The second-order valence-electron chi connectivity index (χ2n) is 7.06. The highest BCUT2D eigenvalue weighted by molar-refractivity contribution is 5.30. The first-order chi connectivity index (χ1) is 12.8. The minimum Gasteiger partial charge on any atom is -0.388 e. The molecule has 0 saturated carbocycles. The van der Waals surface area contributed by atoms with Crippen LogP contribution in [0.3, 0.4) is 0 Å². The number of rotatable bonds is 5. The van der Waals surface area contributed by atoms with E-state index in [0.717, 1.165) is 49.4 Å². The summed E-state index contributed by atoms with van der Waals surface area (Å²) in [6.45, 7) is 2.88. The van der Waals surface area contributed by atoms with Gasteiger partial charge in [-0.05, 0) is 55.6 Å². The van der Waals surface area contributed by atoms with Crippen molar-refractivity contribution in [3.63, 3.8) is 0 Å². The standard InChI is InChI=1S/C22H25N3O/c26-22(18-7-3-1-4-8-18)19-11-14-24(15-12-19)17-20-13-16-25(23-20)21-9-5-2-6-10-21/h1-10,13,16,19,22,26H,11-12,14-15,17H2. The van der Waals surface area contributed by atoms with E-state index >= 15 is 0 Å². The van der Waals surface area contributed by atoms with E-state index in [1.54, 1.807) is 0 Å². The molecule has 3 aromatic rings. The van der Waals surface area contributed by atoms with Crippen LogP contribution in [0.15, 0.2) is 72.9 Å². The molecule has 1 atom stereocenters. The van der Waals surface area contributed by atoms with E-state index in [0.29, 0.717) is 5.92 Å². The molecule has 0 amide bonds. The van der Waals surface area contributed by atoms with Gasteiger partial charge in [0, 0.05) is 12.7 Å². The Hall–Kier alpha value is -2.43. The van der Waals surface area contributed by atoms with Crippen molar-refractivity contribution in [2.75, 3.05) is 13.1 Å². The Bertz CT molecular complexity index is 808. The van der Waals surface area contributed by atoms with Crippen LogP contribution < -0.4 is 0 Å². The summed E-state index contributed by atoms with van der Waals surface area (Å²) in [7, 11) is 0. The van der Waals surface area contributed by atoms with Crippen LogP contribution in [-0.2, 0) is 6.54 Å². The number of para-hydroxylation sites is 1. The molecule has 4 nitrogen and oxygen atoms in total. The average molecular weight is 347 g/mol. The molecule has 1 fully saturated rings. The van der Waals surface area contributed by atoms with Gasteiger partial charge >= 0.3 is 0 Å². The molecule has 1 N–H and O–H groups in total. The van der Waals surface area contributed by atoms with Crippen molar-refractivity contribution in [1.82, 2.24) is 14.7 Å². The van der Waals surface area contributed by atoms with Gasteiger partial charge in [0.2, 0.25) is 0 Å². The van der Waals surface area contributed by atoms with Crippen molar-refractivity contribution in [3.05, 3.63) is 84.2 Å². The van der Waals surface area contributed by atoms with Gasteiger partial charge in [-0.25, -0.2) is 4.68 Å². The molecule has 1 aliphatic heterocycles. The Morgan fingerprint density at radius 1 is 0.923 bits per heavy atom. The summed E-state index contributed by atoms with van der Waals surface area (Å²) < 4.78 is 1.93. The van der Waals surface area contributed by atoms with Gasteiger partial charge in [0.1, 0.15) is 0 Å². The van der Waals surface area contributed by atoms with Crippen LogP contribution in [0.4, 0.5) is 0 Å². The topological polar surface area (TPSA) is 41.3 Å². The van der Waals surface area contributed by atoms with Gasteiger partial charge in [-0.15, -0.1) is 0 Å². The molecule has 1 saturated heterocycles. The van der Waals surface area contributed by atoms with Gasteiger partial charge in [-0.1, -0.05) is 48.5 Å². The summed E-state index contributed by atoms with van der Waals surface area (Å²) in [5.74, 6) is 0.343. The van der Waals surface area contributed by atoms with Crippen LogP contribution in [0.5, 0.6) is 0 Å². The first-order valence-electron chi connectivity index (χ1n) is 9.35. The summed E-state index contributed by atoms with van der Waals surface area (Å²) in [5, 5.41) is 15.3. The maximum atomic E-state index is 10.6. The molecular formula is C22H25N3O. The second-order valence-corrected chi connectivity index (χ2v) is 7.06. The fourth-order valence-electron chi connectivity index (χ4n) is 3.75. The zero-order valence-electron chi connectivity index (χ0n) is 14.9. The Morgan fingerprint density at radius 2 is 1.58 bits per heavy atom. The maximum Gasteiger partial charge on any atom is 0.0819 e. The van der Waals surface area contributed by atoms with Crippen molar-refractivity contribution in [1.29, 1.82) is 0 Å². The Kier molecular flexibility index (Phi) is 5.14. The fraction of sp³-hybridized carbons (Fsp3) is 0.318. The van der Waals surface area contributed by atoms with Gasteiger partial charge in [-0.3, -0.25) is 4.90 Å². The number of hydrogen-bond acceptors (Lipinski definition) is 3. The number of aliphatic hydroxyl groups is 1. The normalized spacial score (nSPS) is 17.3. The first-order valence-corrected chi connectivity index (χ1v) is 9.35. The van der Waals surface area contributed by atoms with Crippen molar-refractivity contribution in [3.8, 4) is 5.69 Å². The second kappa shape index (κ2) is 7.85. The quantitative estimate of drug-likeness (QED) is 0.763. The van der Waals surface area contributed by atoms with Crippen molar-refractivity contribution in [2.45, 2.75) is 25.5 Å². The minimum absolute atomic E-state index is 0.343. The molecule has 0 aliphatic carbocycles. The third kappa shape index (κ3) is 3.87. The molecule has 1 aromatic heterocycles. The van der Waals surface area contributed by atoms with E-state index < -0.39 is 0 Å². The highest BCUT2D eigenvalue weighted by Crippen LogP contribution is 2.30. The van der Waals surface area contributed by atoms with E-state index in [1.807, 2.05) is 59.4 Å². The minimum atomic E-state index is -0.351. The van der Waals surface area contributed by atoms with Gasteiger partial charge in [0.05, 0.1) is 17.5 Å². The molecule has 1 unspecified atom stereocenters. The number of piperidine rings is 1. The van der Waals surface area contributed by atoms with Crippen molar-refractivity contribution < 1.29 is 5.11 Å². The lowest BCUT2D eigenvalue weighted by Gasteiger charge is -2.34. The van der Waals surface area contributed by atoms with Gasteiger partial charge in [-0.2, -0.15) is 5.10 Å². The lowest BCUT2D eigenvalue weighted by molar-refractivity contribution is 0.0564. The number of aromatic nitrogens is 2. The summed E-state index contributed by atoms with van der Waals surface area (Å²) in [5.41, 5.74) is 3.21. The molecule has 0 spiro atoms. The summed E-state index contributed by atoms with van der Waals surface area (Å²) >= 11 is 0. The third-order valence-corrected chi connectivity index (χ3v) is 5.27. The Labute approximate surface area is 154 Å². The highest BCUT2D eigenvalue weighted by atomic mass is 16.3. The highest BCUT2D eigenvalue weighted by Gasteiger charge is 2.26. The van der Waals surface area contributed by atoms with E-state index in [4.69, 9.17) is 5.10 Å². The van der Waals surface area contributed by atoms with Crippen LogP contribution in [0.2, 0.25) is 0 Å². The van der Waals surface area contributed by atoms with Crippen LogP contribution in [0.25, 0.3) is 5.69 Å². The monoisotopic (exact) mass is 347 g/mol. The van der Waals surface area contributed by atoms with E-state index in [1.165, 1.54) is 0 Å². The van der Waals surface area contributed by atoms with E-state index in [-0.39, 0.29) is 6.10 Å². The fourth-order valence-corrected chi connectivity index (χ4v) is 3.75. The van der Waals surface area contributed by atoms with Gasteiger partial charge in [0.25, 0.3) is 0 Å². The number of benzene rings is 2. The lowest BCUT2D eigenvalue weighted by atomic mass is 9.87. The molecule has 0 radical (unpaired) electrons. The number of hydrogen-bond donors (Lipinski definition) is 1. The third-order valence-electron chi connectivity index (χ3n) is 5.27. The number of likely N-dealkylation sites (tertiary alicyclic amines) is 1. The van der Waals surface area contributed by atoms with Crippen LogP contribution >= 0.6 is 0 Å². The largest absolute Gasteiger partial charge is 0.388 e. The Balaban J connectivity index is 1.32. The van der Waals surface area contributed by atoms with Crippen LogP contribution in [-0.4, -0.2) is 32.9 Å². The van der Waals surface area contributed by atoms with Gasteiger partial charge in [0.15, 0.2) is 0 Å². The van der Waals surface area contributed by atoms with E-state index in [9.17, 15) is 5.11 Å². The van der Waals surface area contributed by atoms with Crippen molar-refractivity contribution >= 4 is 0 Å². The van der Waals surface area contributed by atoms with Crippen molar-refractivity contribution in [2.24, 2.45) is 5.92 Å². The van der Waals surface area contributed by atoms with E-state index in [2.05, 4.69) is 23.1 Å². The zero-order valence-corrected chi connectivity index (χ0v) is 14.9. The molecule has 2 aromatic carbocycles. The average Bonchev–Trinajstić information content (AvgIpc) is 3.18. The number of nitrogens with zero attached hydrogens (tertiary/aromatic N) is 3. The molecule has 2 heterocycles. The molecule has 134 valence electrons. The van der Waals surface area contributed by atoms with Gasteiger partial charge < -0.3 is 5.11 Å².